The van der Waals surface area contributed by atoms with Crippen molar-refractivity contribution >= 4 is 16.8 Å². The number of nitrogens with one attached hydrogen (secondary N) is 1. The summed E-state index contributed by atoms with van der Waals surface area (Å²) in [6.07, 6.45) is 5.88. The molecule has 0 saturated heterocycles. The number of carbonyl (C=O) groups excluding carboxylic acids is 1. The first-order chi connectivity index (χ1) is 12.5. The highest BCUT2D eigenvalue weighted by Crippen LogP contribution is 2.40. The lowest BCUT2D eigenvalue weighted by atomic mass is 10.0. The summed E-state index contributed by atoms with van der Waals surface area (Å²) in [5, 5.41) is 4.09. The Labute approximate surface area is 150 Å². The van der Waals surface area contributed by atoms with Gasteiger partial charge in [0.25, 0.3) is 5.91 Å². The quantitative estimate of drug-likeness (QED) is 0.766. The van der Waals surface area contributed by atoms with Gasteiger partial charge in [-0.2, -0.15) is 0 Å². The van der Waals surface area contributed by atoms with Crippen molar-refractivity contribution in [2.75, 3.05) is 7.11 Å². The summed E-state index contributed by atoms with van der Waals surface area (Å²) < 4.78 is 20.9. The van der Waals surface area contributed by atoms with Gasteiger partial charge in [-0.15, -0.1) is 0 Å². The molecule has 1 fully saturated rings. The smallest absolute Gasteiger partial charge is 0.270 e. The van der Waals surface area contributed by atoms with E-state index in [2.05, 4.69) is 10.3 Å². The van der Waals surface area contributed by atoms with Crippen LogP contribution < -0.4 is 10.1 Å². The predicted octanol–water partition coefficient (Wildman–Crippen LogP) is 3.23. The molecule has 134 valence electrons. The molecule has 0 bridgehead atoms. The van der Waals surface area contributed by atoms with Crippen LogP contribution in [0.15, 0.2) is 42.7 Å². The van der Waals surface area contributed by atoms with Gasteiger partial charge in [-0.3, -0.25) is 9.78 Å². The van der Waals surface area contributed by atoms with Crippen LogP contribution in [0.25, 0.3) is 10.9 Å². The van der Waals surface area contributed by atoms with Gasteiger partial charge < -0.3 is 14.6 Å². The second kappa shape index (κ2) is 6.12. The number of fused-ring (bicyclic) bond motifs is 1. The standard InChI is InChI=1S/C20H20FN3O2/c1-24-8-5-13-12-22-16(10-17(13)24)19(25)23-20(6-7-20)11-14-9-15(21)3-4-18(14)26-2/h3-5,8-10,12H,6-7,11H2,1-2H3,(H,23,25). The van der Waals surface area contributed by atoms with Crippen molar-refractivity contribution in [3.8, 4) is 5.75 Å². The number of hydrogen-bond acceptors (Lipinski definition) is 3. The first-order valence-corrected chi connectivity index (χ1v) is 8.56. The van der Waals surface area contributed by atoms with Gasteiger partial charge in [-0.05, 0) is 55.2 Å². The van der Waals surface area contributed by atoms with Crippen LogP contribution >= 0.6 is 0 Å². The Morgan fingerprint density at radius 2 is 2.15 bits per heavy atom. The average molecular weight is 353 g/mol. The molecule has 0 atom stereocenters. The molecule has 2 aromatic heterocycles. The van der Waals surface area contributed by atoms with E-state index in [9.17, 15) is 9.18 Å². The van der Waals surface area contributed by atoms with Crippen molar-refractivity contribution in [1.82, 2.24) is 14.9 Å². The normalized spacial score (nSPS) is 15.0. The van der Waals surface area contributed by atoms with Crippen LogP contribution in [0, 0.1) is 5.82 Å². The van der Waals surface area contributed by atoms with Gasteiger partial charge in [0.2, 0.25) is 0 Å². The lowest BCUT2D eigenvalue weighted by Crippen LogP contribution is -2.39. The summed E-state index contributed by atoms with van der Waals surface area (Å²) in [6.45, 7) is 0. The number of carbonyl (C=O) groups is 1. The highest BCUT2D eigenvalue weighted by Gasteiger charge is 2.44. The molecule has 1 aliphatic rings. The molecule has 3 aromatic rings. The number of rotatable bonds is 5. The number of aryl methyl sites for hydroxylation is 1. The summed E-state index contributed by atoms with van der Waals surface area (Å²) >= 11 is 0. The highest BCUT2D eigenvalue weighted by molar-refractivity contribution is 5.96. The SMILES string of the molecule is COc1ccc(F)cc1CC1(NC(=O)c2cc3c(ccn3C)cn2)CC1. The average Bonchev–Trinajstić information content (AvgIpc) is 3.28. The van der Waals surface area contributed by atoms with Gasteiger partial charge >= 0.3 is 0 Å². The number of amides is 1. The van der Waals surface area contributed by atoms with Crippen LogP contribution in [0.1, 0.15) is 28.9 Å². The van der Waals surface area contributed by atoms with Gasteiger partial charge in [0.15, 0.2) is 0 Å². The van der Waals surface area contributed by atoms with Crippen LogP contribution in [0.2, 0.25) is 0 Å². The number of benzene rings is 1. The van der Waals surface area contributed by atoms with E-state index >= 15 is 0 Å². The third-order valence-electron chi connectivity index (χ3n) is 5.01. The molecule has 0 radical (unpaired) electrons. The third kappa shape index (κ3) is 3.03. The lowest BCUT2D eigenvalue weighted by Gasteiger charge is -2.19. The number of aromatic nitrogens is 2. The van der Waals surface area contributed by atoms with Gasteiger partial charge in [-0.25, -0.2) is 4.39 Å². The molecular formula is C20H20FN3O2. The maximum Gasteiger partial charge on any atom is 0.270 e. The van der Waals surface area contributed by atoms with Crippen molar-refractivity contribution in [1.29, 1.82) is 0 Å². The van der Waals surface area contributed by atoms with Crippen molar-refractivity contribution in [2.24, 2.45) is 7.05 Å². The number of pyridine rings is 1. The molecule has 4 rings (SSSR count). The summed E-state index contributed by atoms with van der Waals surface area (Å²) in [7, 11) is 3.50. The van der Waals surface area contributed by atoms with E-state index < -0.39 is 0 Å². The van der Waals surface area contributed by atoms with Crippen LogP contribution in [0.4, 0.5) is 4.39 Å². The molecule has 2 heterocycles. The van der Waals surface area contributed by atoms with Crippen LogP contribution in [0.5, 0.6) is 5.75 Å². The van der Waals surface area contributed by atoms with Crippen molar-refractivity contribution in [2.45, 2.75) is 24.8 Å². The summed E-state index contributed by atoms with van der Waals surface area (Å²) in [5.41, 5.74) is 1.75. The Bertz CT molecular complexity index is 992. The first kappa shape index (κ1) is 16.6. The Morgan fingerprint density at radius 1 is 1.35 bits per heavy atom. The fourth-order valence-electron chi connectivity index (χ4n) is 3.34. The second-order valence-electron chi connectivity index (χ2n) is 6.92. The maximum absolute atomic E-state index is 13.6. The summed E-state index contributed by atoms with van der Waals surface area (Å²) in [6, 6.07) is 8.22. The molecule has 1 saturated carbocycles. The zero-order valence-corrected chi connectivity index (χ0v) is 14.8. The monoisotopic (exact) mass is 353 g/mol. The maximum atomic E-state index is 13.6. The van der Waals surface area contributed by atoms with E-state index in [1.54, 1.807) is 25.4 Å². The Morgan fingerprint density at radius 3 is 2.88 bits per heavy atom. The Kier molecular flexibility index (Phi) is 3.90. The topological polar surface area (TPSA) is 56.1 Å². The third-order valence-corrected chi connectivity index (χ3v) is 5.01. The number of hydrogen-bond donors (Lipinski definition) is 1. The minimum atomic E-state index is -0.358. The highest BCUT2D eigenvalue weighted by atomic mass is 19.1. The molecule has 1 aliphatic carbocycles. The van der Waals surface area contributed by atoms with E-state index in [0.29, 0.717) is 17.9 Å². The van der Waals surface area contributed by atoms with E-state index in [-0.39, 0.29) is 17.3 Å². The van der Waals surface area contributed by atoms with Crippen LogP contribution in [-0.4, -0.2) is 28.1 Å². The number of nitrogens with zero attached hydrogens (tertiary/aromatic N) is 2. The fraction of sp³-hybridized carbons (Fsp3) is 0.300. The zero-order chi connectivity index (χ0) is 18.3. The predicted molar refractivity (Wildman–Crippen MR) is 96.8 cm³/mol. The molecule has 0 unspecified atom stereocenters. The minimum Gasteiger partial charge on any atom is -0.496 e. The molecular weight excluding hydrogens is 333 g/mol. The van der Waals surface area contributed by atoms with Gasteiger partial charge in [0.1, 0.15) is 17.3 Å². The Balaban J connectivity index is 1.55. The molecule has 1 N–H and O–H groups in total. The van der Waals surface area contributed by atoms with E-state index in [4.69, 9.17) is 4.74 Å². The van der Waals surface area contributed by atoms with Crippen LogP contribution in [-0.2, 0) is 13.5 Å². The fourth-order valence-corrected chi connectivity index (χ4v) is 3.34. The minimum absolute atomic E-state index is 0.207. The first-order valence-electron chi connectivity index (χ1n) is 8.56. The number of ether oxygens (including phenoxy) is 1. The molecule has 6 heteroatoms. The largest absolute Gasteiger partial charge is 0.496 e. The zero-order valence-electron chi connectivity index (χ0n) is 14.8. The molecule has 0 aliphatic heterocycles. The second-order valence-corrected chi connectivity index (χ2v) is 6.92. The molecule has 5 nitrogen and oxygen atoms in total. The Hall–Kier alpha value is -2.89. The molecule has 26 heavy (non-hydrogen) atoms. The van der Waals surface area contributed by atoms with Crippen molar-refractivity contribution in [3.63, 3.8) is 0 Å². The summed E-state index contributed by atoms with van der Waals surface area (Å²) in [5.74, 6) is 0.120. The van der Waals surface area contributed by atoms with Gasteiger partial charge in [-0.1, -0.05) is 0 Å². The summed E-state index contributed by atoms with van der Waals surface area (Å²) in [4.78, 5) is 17.0. The van der Waals surface area contributed by atoms with Crippen molar-refractivity contribution in [3.05, 3.63) is 59.8 Å². The van der Waals surface area contributed by atoms with E-state index in [1.807, 2.05) is 23.9 Å². The molecule has 0 spiro atoms. The van der Waals surface area contributed by atoms with Crippen LogP contribution in [0.3, 0.4) is 0 Å². The van der Waals surface area contributed by atoms with E-state index in [1.165, 1.54) is 12.1 Å². The lowest BCUT2D eigenvalue weighted by molar-refractivity contribution is 0.0926. The number of methoxy groups -OCH3 is 1. The van der Waals surface area contributed by atoms with Gasteiger partial charge in [0, 0.05) is 30.4 Å². The van der Waals surface area contributed by atoms with E-state index in [0.717, 1.165) is 29.3 Å². The molecule has 1 amide bonds. The van der Waals surface area contributed by atoms with Gasteiger partial charge in [0.05, 0.1) is 12.6 Å². The van der Waals surface area contributed by atoms with Crippen molar-refractivity contribution < 1.29 is 13.9 Å². The molecule has 1 aromatic carbocycles. The number of halogens is 1.